The molecule has 0 bridgehead atoms. The minimum Gasteiger partial charge on any atom is -0.379 e. The van der Waals surface area contributed by atoms with Gasteiger partial charge in [0.2, 0.25) is 0 Å². The third-order valence-corrected chi connectivity index (χ3v) is 4.04. The van der Waals surface area contributed by atoms with Crippen molar-refractivity contribution in [1.29, 1.82) is 0 Å². The maximum Gasteiger partial charge on any atom is 0.269 e. The van der Waals surface area contributed by atoms with Crippen LogP contribution >= 0.6 is 0 Å². The van der Waals surface area contributed by atoms with Crippen LogP contribution in [-0.2, 0) is 9.47 Å². The highest BCUT2D eigenvalue weighted by atomic mass is 19.1. The van der Waals surface area contributed by atoms with Crippen molar-refractivity contribution < 1.29 is 18.7 Å². The summed E-state index contributed by atoms with van der Waals surface area (Å²) in [6.07, 6.45) is 3.13. The monoisotopic (exact) mass is 347 g/mol. The zero-order valence-electron chi connectivity index (χ0n) is 14.0. The topological polar surface area (TPSA) is 76.2 Å². The average Bonchev–Trinajstić information content (AvgIpc) is 3.30. The standard InChI is InChI=1S/C18H22FN3O3/c19-14-6-4-13(5-7-14)16-11-17(22-21-16)18(23)20-8-2-9-24-12-15-3-1-10-25-15/h4-7,11,15H,1-3,8-10,12H2,(H,20,23)(H,21,22)/t15-/m0/s1. The van der Waals surface area contributed by atoms with E-state index in [9.17, 15) is 9.18 Å². The normalized spacial score (nSPS) is 16.9. The van der Waals surface area contributed by atoms with E-state index in [0.29, 0.717) is 31.1 Å². The van der Waals surface area contributed by atoms with Crippen molar-refractivity contribution in [1.82, 2.24) is 15.5 Å². The fourth-order valence-corrected chi connectivity index (χ4v) is 2.67. The molecule has 0 spiro atoms. The molecule has 6 nitrogen and oxygen atoms in total. The molecule has 1 saturated heterocycles. The first-order valence-electron chi connectivity index (χ1n) is 8.51. The Morgan fingerprint density at radius 1 is 1.40 bits per heavy atom. The fourth-order valence-electron chi connectivity index (χ4n) is 2.67. The molecule has 0 saturated carbocycles. The molecule has 0 radical (unpaired) electrons. The van der Waals surface area contributed by atoms with Crippen molar-refractivity contribution in [3.63, 3.8) is 0 Å². The van der Waals surface area contributed by atoms with Crippen LogP contribution in [-0.4, -0.2) is 48.6 Å². The summed E-state index contributed by atoms with van der Waals surface area (Å²) in [6.45, 7) is 2.56. The number of hydrogen-bond acceptors (Lipinski definition) is 4. The van der Waals surface area contributed by atoms with Crippen LogP contribution < -0.4 is 5.32 Å². The third-order valence-electron chi connectivity index (χ3n) is 4.04. The molecule has 134 valence electrons. The third kappa shape index (κ3) is 5.11. The molecule has 1 aliphatic heterocycles. The molecule has 7 heteroatoms. The number of H-pyrrole nitrogens is 1. The van der Waals surface area contributed by atoms with Crippen molar-refractivity contribution in [2.45, 2.75) is 25.4 Å². The van der Waals surface area contributed by atoms with E-state index in [0.717, 1.165) is 31.4 Å². The number of rotatable bonds is 8. The number of nitrogens with one attached hydrogen (secondary N) is 2. The first-order valence-corrected chi connectivity index (χ1v) is 8.51. The molecule has 0 unspecified atom stereocenters. The highest BCUT2D eigenvalue weighted by Crippen LogP contribution is 2.18. The van der Waals surface area contributed by atoms with E-state index in [1.54, 1.807) is 18.2 Å². The fraction of sp³-hybridized carbons (Fsp3) is 0.444. The van der Waals surface area contributed by atoms with Crippen LogP contribution in [0.2, 0.25) is 0 Å². The van der Waals surface area contributed by atoms with Gasteiger partial charge < -0.3 is 14.8 Å². The van der Waals surface area contributed by atoms with Gasteiger partial charge in [-0.3, -0.25) is 9.89 Å². The Balaban J connectivity index is 1.37. The van der Waals surface area contributed by atoms with Gasteiger partial charge in [0.05, 0.1) is 18.4 Å². The maximum atomic E-state index is 12.9. The van der Waals surface area contributed by atoms with Crippen LogP contribution in [0.1, 0.15) is 29.8 Å². The molecule has 1 aromatic heterocycles. The van der Waals surface area contributed by atoms with E-state index < -0.39 is 0 Å². The predicted molar refractivity (Wildman–Crippen MR) is 90.7 cm³/mol. The van der Waals surface area contributed by atoms with Crippen molar-refractivity contribution in [3.8, 4) is 11.3 Å². The molecule has 1 aromatic carbocycles. The van der Waals surface area contributed by atoms with E-state index in [4.69, 9.17) is 9.47 Å². The van der Waals surface area contributed by atoms with Crippen molar-refractivity contribution in [3.05, 3.63) is 41.8 Å². The van der Waals surface area contributed by atoms with Gasteiger partial charge in [0, 0.05) is 25.3 Å². The number of aromatic amines is 1. The van der Waals surface area contributed by atoms with E-state index >= 15 is 0 Å². The van der Waals surface area contributed by atoms with E-state index in [-0.39, 0.29) is 17.8 Å². The first-order chi connectivity index (χ1) is 12.2. The molecular weight excluding hydrogens is 325 g/mol. The zero-order chi connectivity index (χ0) is 17.5. The summed E-state index contributed by atoms with van der Waals surface area (Å²) in [5.74, 6) is -0.529. The summed E-state index contributed by atoms with van der Waals surface area (Å²) in [4.78, 5) is 12.1. The Labute approximate surface area is 145 Å². The van der Waals surface area contributed by atoms with Crippen molar-refractivity contribution in [2.24, 2.45) is 0 Å². The Morgan fingerprint density at radius 3 is 3.00 bits per heavy atom. The highest BCUT2D eigenvalue weighted by molar-refractivity contribution is 5.93. The summed E-state index contributed by atoms with van der Waals surface area (Å²) in [5.41, 5.74) is 1.73. The number of halogens is 1. The van der Waals surface area contributed by atoms with Gasteiger partial charge in [0.15, 0.2) is 0 Å². The smallest absolute Gasteiger partial charge is 0.269 e. The lowest BCUT2D eigenvalue weighted by atomic mass is 10.1. The molecule has 2 aromatic rings. The largest absolute Gasteiger partial charge is 0.379 e. The van der Waals surface area contributed by atoms with Crippen LogP contribution in [0.5, 0.6) is 0 Å². The van der Waals surface area contributed by atoms with Crippen LogP contribution in [0.4, 0.5) is 4.39 Å². The van der Waals surface area contributed by atoms with Gasteiger partial charge in [-0.1, -0.05) is 0 Å². The van der Waals surface area contributed by atoms with Gasteiger partial charge in [0.25, 0.3) is 5.91 Å². The highest BCUT2D eigenvalue weighted by Gasteiger charge is 2.15. The predicted octanol–water partition coefficient (Wildman–Crippen LogP) is 2.53. The minimum absolute atomic E-state index is 0.222. The van der Waals surface area contributed by atoms with Gasteiger partial charge in [-0.05, 0) is 49.6 Å². The molecule has 1 aliphatic rings. The quantitative estimate of drug-likeness (QED) is 0.720. The summed E-state index contributed by atoms with van der Waals surface area (Å²) in [5, 5.41) is 9.62. The number of amides is 1. The number of carbonyl (C=O) groups is 1. The molecule has 2 N–H and O–H groups in total. The Morgan fingerprint density at radius 2 is 2.24 bits per heavy atom. The second kappa shape index (κ2) is 8.73. The summed E-state index contributed by atoms with van der Waals surface area (Å²) in [7, 11) is 0. The molecule has 1 fully saturated rings. The second-order valence-electron chi connectivity index (χ2n) is 5.99. The lowest BCUT2D eigenvalue weighted by Crippen LogP contribution is -2.26. The van der Waals surface area contributed by atoms with Gasteiger partial charge in [-0.25, -0.2) is 4.39 Å². The van der Waals surface area contributed by atoms with Gasteiger partial charge in [-0.2, -0.15) is 5.10 Å². The maximum absolute atomic E-state index is 12.9. The van der Waals surface area contributed by atoms with Gasteiger partial charge in [-0.15, -0.1) is 0 Å². The number of nitrogens with zero attached hydrogens (tertiary/aromatic N) is 1. The van der Waals surface area contributed by atoms with Gasteiger partial charge >= 0.3 is 0 Å². The lowest BCUT2D eigenvalue weighted by Gasteiger charge is -2.10. The van der Waals surface area contributed by atoms with Crippen molar-refractivity contribution >= 4 is 5.91 Å². The molecule has 0 aliphatic carbocycles. The molecule has 1 atom stereocenters. The number of ether oxygens (including phenoxy) is 2. The SMILES string of the molecule is O=C(NCCCOC[C@@H]1CCCO1)c1cc(-c2ccc(F)cc2)n[nH]1. The zero-order valence-corrected chi connectivity index (χ0v) is 14.0. The molecule has 25 heavy (non-hydrogen) atoms. The van der Waals surface area contributed by atoms with Crippen LogP contribution in [0.25, 0.3) is 11.3 Å². The Bertz CT molecular complexity index is 681. The van der Waals surface area contributed by atoms with Crippen LogP contribution in [0.15, 0.2) is 30.3 Å². The Kier molecular flexibility index (Phi) is 6.14. The van der Waals surface area contributed by atoms with Crippen LogP contribution in [0.3, 0.4) is 0 Å². The number of carbonyl (C=O) groups excluding carboxylic acids is 1. The summed E-state index contributed by atoms with van der Waals surface area (Å²) < 4.78 is 24.0. The van der Waals surface area contributed by atoms with Crippen LogP contribution in [0, 0.1) is 5.82 Å². The number of benzene rings is 1. The van der Waals surface area contributed by atoms with E-state index in [1.165, 1.54) is 12.1 Å². The molecule has 1 amide bonds. The van der Waals surface area contributed by atoms with E-state index in [1.807, 2.05) is 0 Å². The Hall–Kier alpha value is -2.25. The summed E-state index contributed by atoms with van der Waals surface area (Å²) >= 11 is 0. The molecule has 2 heterocycles. The minimum atomic E-state index is -0.307. The number of hydrogen-bond donors (Lipinski definition) is 2. The van der Waals surface area contributed by atoms with E-state index in [2.05, 4.69) is 15.5 Å². The summed E-state index contributed by atoms with van der Waals surface area (Å²) in [6, 6.07) is 7.62. The molecular formula is C18H22FN3O3. The number of aromatic nitrogens is 2. The first kappa shape index (κ1) is 17.6. The lowest BCUT2D eigenvalue weighted by molar-refractivity contribution is 0.0166. The van der Waals surface area contributed by atoms with Crippen molar-refractivity contribution in [2.75, 3.05) is 26.4 Å². The average molecular weight is 347 g/mol. The van der Waals surface area contributed by atoms with Gasteiger partial charge in [0.1, 0.15) is 11.5 Å². The molecule has 3 rings (SSSR count). The second-order valence-corrected chi connectivity index (χ2v) is 5.99.